The highest BCUT2D eigenvalue weighted by Gasteiger charge is 2.32. The molecule has 1 aromatic carbocycles. The molecule has 0 saturated carbocycles. The third-order valence-electron chi connectivity index (χ3n) is 3.87. The second-order valence-corrected chi connectivity index (χ2v) is 5.31. The summed E-state index contributed by atoms with van der Waals surface area (Å²) in [7, 11) is 2.07. The Morgan fingerprint density at radius 2 is 2.17 bits per heavy atom. The van der Waals surface area contributed by atoms with Crippen molar-refractivity contribution < 1.29 is 9.84 Å². The predicted molar refractivity (Wildman–Crippen MR) is 72.8 cm³/mol. The van der Waals surface area contributed by atoms with Crippen LogP contribution in [0.5, 0.6) is 5.75 Å². The van der Waals surface area contributed by atoms with Gasteiger partial charge in [0.25, 0.3) is 0 Å². The number of hydrogen-bond donors (Lipinski definition) is 1. The van der Waals surface area contributed by atoms with Gasteiger partial charge in [-0.3, -0.25) is 4.90 Å². The lowest BCUT2D eigenvalue weighted by atomic mass is 9.97. The highest BCUT2D eigenvalue weighted by atomic mass is 16.5. The first-order valence-corrected chi connectivity index (χ1v) is 6.73. The van der Waals surface area contributed by atoms with E-state index in [1.165, 1.54) is 0 Å². The fraction of sp³-hybridized carbons (Fsp3) is 0.600. The number of aliphatic hydroxyl groups excluding tert-OH is 1. The van der Waals surface area contributed by atoms with E-state index in [4.69, 9.17) is 4.74 Å². The van der Waals surface area contributed by atoms with Crippen molar-refractivity contribution in [3.8, 4) is 5.75 Å². The van der Waals surface area contributed by atoms with Gasteiger partial charge >= 0.3 is 0 Å². The van der Waals surface area contributed by atoms with Crippen molar-refractivity contribution in [2.24, 2.45) is 5.92 Å². The summed E-state index contributed by atoms with van der Waals surface area (Å²) in [6.45, 7) is 5.98. The molecule has 1 aromatic rings. The molecule has 18 heavy (non-hydrogen) atoms. The van der Waals surface area contributed by atoms with Crippen LogP contribution in [0.4, 0.5) is 0 Å². The van der Waals surface area contributed by atoms with Crippen LogP contribution in [0.25, 0.3) is 0 Å². The van der Waals surface area contributed by atoms with Crippen molar-refractivity contribution >= 4 is 0 Å². The second-order valence-electron chi connectivity index (χ2n) is 5.31. The number of nitrogens with zero attached hydrogens (tertiary/aromatic N) is 1. The molecule has 1 aliphatic rings. The van der Waals surface area contributed by atoms with Gasteiger partial charge in [-0.05, 0) is 19.0 Å². The summed E-state index contributed by atoms with van der Waals surface area (Å²) in [5.74, 6) is 1.46. The van der Waals surface area contributed by atoms with E-state index in [-0.39, 0.29) is 6.04 Å². The van der Waals surface area contributed by atoms with Crippen LogP contribution in [-0.4, -0.2) is 36.2 Å². The van der Waals surface area contributed by atoms with Crippen LogP contribution < -0.4 is 4.74 Å². The molecule has 0 spiro atoms. The van der Waals surface area contributed by atoms with E-state index in [0.717, 1.165) is 24.3 Å². The van der Waals surface area contributed by atoms with Crippen molar-refractivity contribution in [3.05, 3.63) is 29.8 Å². The maximum absolute atomic E-state index is 10.5. The molecule has 2 rings (SSSR count). The Labute approximate surface area is 109 Å². The molecule has 100 valence electrons. The zero-order chi connectivity index (χ0) is 13.1. The number of rotatable bonds is 4. The zero-order valence-electron chi connectivity index (χ0n) is 11.5. The van der Waals surface area contributed by atoms with Crippen LogP contribution in [0.2, 0.25) is 0 Å². The molecule has 0 fully saturated rings. The number of fused-ring (bicyclic) bond motifs is 1. The van der Waals surface area contributed by atoms with Gasteiger partial charge in [-0.25, -0.2) is 0 Å². The van der Waals surface area contributed by atoms with E-state index < -0.39 is 6.10 Å². The van der Waals surface area contributed by atoms with E-state index in [1.54, 1.807) is 0 Å². The van der Waals surface area contributed by atoms with Crippen molar-refractivity contribution in [1.29, 1.82) is 0 Å². The lowest BCUT2D eigenvalue weighted by molar-refractivity contribution is 0.00989. The smallest absolute Gasteiger partial charge is 0.125 e. The SMILES string of the molecule is CCC(C)CN(C)C1COc2ccccc2C1O. The molecule has 3 heteroatoms. The first kappa shape index (κ1) is 13.4. The molecule has 1 heterocycles. The summed E-state index contributed by atoms with van der Waals surface area (Å²) >= 11 is 0. The third-order valence-corrected chi connectivity index (χ3v) is 3.87. The average Bonchev–Trinajstić information content (AvgIpc) is 2.39. The van der Waals surface area contributed by atoms with Gasteiger partial charge in [0.2, 0.25) is 0 Å². The second kappa shape index (κ2) is 5.72. The Kier molecular flexibility index (Phi) is 4.25. The summed E-state index contributed by atoms with van der Waals surface area (Å²) in [4.78, 5) is 2.22. The third kappa shape index (κ3) is 2.68. The Bertz CT molecular complexity index is 394. The molecule has 3 nitrogen and oxygen atoms in total. The average molecular weight is 249 g/mol. The quantitative estimate of drug-likeness (QED) is 0.889. The molecule has 0 bridgehead atoms. The lowest BCUT2D eigenvalue weighted by Gasteiger charge is -2.37. The van der Waals surface area contributed by atoms with Gasteiger partial charge in [-0.2, -0.15) is 0 Å². The molecule has 1 N–H and O–H groups in total. The Balaban J connectivity index is 2.09. The van der Waals surface area contributed by atoms with Gasteiger partial charge in [0.05, 0.1) is 6.04 Å². The van der Waals surface area contributed by atoms with Crippen LogP contribution in [0.1, 0.15) is 31.9 Å². The summed E-state index contributed by atoms with van der Waals surface area (Å²) in [5, 5.41) is 10.5. The van der Waals surface area contributed by atoms with Gasteiger partial charge < -0.3 is 9.84 Å². The van der Waals surface area contributed by atoms with Crippen molar-refractivity contribution in [1.82, 2.24) is 4.90 Å². The molecular formula is C15H23NO2. The highest BCUT2D eigenvalue weighted by molar-refractivity contribution is 5.37. The minimum atomic E-state index is -0.455. The summed E-state index contributed by atoms with van der Waals surface area (Å²) in [5.41, 5.74) is 0.907. The molecule has 1 aliphatic heterocycles. The molecule has 3 unspecified atom stereocenters. The summed E-state index contributed by atoms with van der Waals surface area (Å²) in [6, 6.07) is 7.80. The number of likely N-dealkylation sites (N-methyl/N-ethyl adjacent to an activating group) is 1. The fourth-order valence-electron chi connectivity index (χ4n) is 2.45. The Morgan fingerprint density at radius 3 is 2.89 bits per heavy atom. The number of hydrogen-bond acceptors (Lipinski definition) is 3. The molecule has 0 aliphatic carbocycles. The molecule has 3 atom stereocenters. The van der Waals surface area contributed by atoms with Gasteiger partial charge in [-0.1, -0.05) is 38.5 Å². The topological polar surface area (TPSA) is 32.7 Å². The first-order chi connectivity index (χ1) is 8.63. The van der Waals surface area contributed by atoms with Gasteiger partial charge in [0.1, 0.15) is 18.5 Å². The van der Waals surface area contributed by atoms with Crippen molar-refractivity contribution in [2.75, 3.05) is 20.2 Å². The lowest BCUT2D eigenvalue weighted by Crippen LogP contribution is -2.45. The maximum atomic E-state index is 10.5. The summed E-state index contributed by atoms with van der Waals surface area (Å²) in [6.07, 6.45) is 0.703. The minimum Gasteiger partial charge on any atom is -0.491 e. The standard InChI is InChI=1S/C15H23NO2/c1-4-11(2)9-16(3)13-10-18-14-8-6-5-7-12(14)15(13)17/h5-8,11,13,15,17H,4,9-10H2,1-3H3. The normalized spacial score (nSPS) is 24.5. The first-order valence-electron chi connectivity index (χ1n) is 6.73. The van der Waals surface area contributed by atoms with Crippen LogP contribution >= 0.6 is 0 Å². The highest BCUT2D eigenvalue weighted by Crippen LogP contribution is 2.33. The molecule has 0 saturated heterocycles. The van der Waals surface area contributed by atoms with Crippen molar-refractivity contribution in [3.63, 3.8) is 0 Å². The number of para-hydroxylation sites is 1. The monoisotopic (exact) mass is 249 g/mol. The van der Waals surface area contributed by atoms with E-state index in [1.807, 2.05) is 24.3 Å². The molecule has 0 amide bonds. The van der Waals surface area contributed by atoms with Gasteiger partial charge in [0.15, 0.2) is 0 Å². The van der Waals surface area contributed by atoms with Gasteiger partial charge in [0, 0.05) is 12.1 Å². The number of ether oxygens (including phenoxy) is 1. The van der Waals surface area contributed by atoms with E-state index in [2.05, 4.69) is 25.8 Å². The van der Waals surface area contributed by atoms with Crippen LogP contribution in [0, 0.1) is 5.92 Å². The van der Waals surface area contributed by atoms with Crippen LogP contribution in [-0.2, 0) is 0 Å². The van der Waals surface area contributed by atoms with Gasteiger partial charge in [-0.15, -0.1) is 0 Å². The molecule has 0 radical (unpaired) electrons. The predicted octanol–water partition coefficient (Wildman–Crippen LogP) is 2.46. The van der Waals surface area contributed by atoms with E-state index in [9.17, 15) is 5.11 Å². The van der Waals surface area contributed by atoms with Crippen molar-refractivity contribution in [2.45, 2.75) is 32.4 Å². The van der Waals surface area contributed by atoms with E-state index in [0.29, 0.717) is 12.5 Å². The minimum absolute atomic E-state index is 0.0499. The summed E-state index contributed by atoms with van der Waals surface area (Å²) < 4.78 is 5.74. The largest absolute Gasteiger partial charge is 0.491 e. The Hall–Kier alpha value is -1.06. The molecule has 0 aromatic heterocycles. The molecular weight excluding hydrogens is 226 g/mol. The number of aliphatic hydroxyl groups is 1. The zero-order valence-corrected chi connectivity index (χ0v) is 11.5. The maximum Gasteiger partial charge on any atom is 0.125 e. The Morgan fingerprint density at radius 1 is 1.44 bits per heavy atom. The van der Waals surface area contributed by atoms with Crippen LogP contribution in [0.3, 0.4) is 0 Å². The number of benzene rings is 1. The van der Waals surface area contributed by atoms with Crippen LogP contribution in [0.15, 0.2) is 24.3 Å². The van der Waals surface area contributed by atoms with E-state index >= 15 is 0 Å². The fourth-order valence-corrected chi connectivity index (χ4v) is 2.45.